The molecule has 0 aliphatic carbocycles. The molecule has 0 fully saturated rings. The van der Waals surface area contributed by atoms with Crippen molar-refractivity contribution < 1.29 is 19.1 Å². The van der Waals surface area contributed by atoms with Crippen LogP contribution in [0.15, 0.2) is 17.5 Å². The van der Waals surface area contributed by atoms with E-state index in [0.29, 0.717) is 6.42 Å². The molecule has 1 aromatic rings. The Kier molecular flexibility index (Phi) is 6.72. The van der Waals surface area contributed by atoms with E-state index in [1.54, 1.807) is 25.2 Å². The van der Waals surface area contributed by atoms with Crippen LogP contribution < -0.4 is 10.6 Å². The number of hydrogen-bond acceptors (Lipinski definition) is 5. The van der Waals surface area contributed by atoms with Crippen LogP contribution in [0, 0.1) is 0 Å². The number of nitrogens with one attached hydrogen (secondary N) is 2. The fourth-order valence-electron chi connectivity index (χ4n) is 1.36. The lowest BCUT2D eigenvalue weighted by Gasteiger charge is -2.09. The maximum absolute atomic E-state index is 11.4. The lowest BCUT2D eigenvalue weighted by atomic mass is 10.3. The number of urea groups is 1. The molecule has 110 valence electrons. The van der Waals surface area contributed by atoms with Gasteiger partial charge in [-0.3, -0.25) is 14.9 Å². The Balaban J connectivity index is 2.17. The predicted molar refractivity (Wildman–Crippen MR) is 75.4 cm³/mol. The zero-order valence-electron chi connectivity index (χ0n) is 11.5. The number of imide groups is 1. The molecule has 1 rings (SSSR count). The van der Waals surface area contributed by atoms with E-state index in [-0.39, 0.29) is 12.5 Å². The molecule has 20 heavy (non-hydrogen) atoms. The van der Waals surface area contributed by atoms with E-state index < -0.39 is 24.5 Å². The molecule has 0 bridgehead atoms. The van der Waals surface area contributed by atoms with Crippen LogP contribution in [0.3, 0.4) is 0 Å². The molecule has 0 saturated heterocycles. The summed E-state index contributed by atoms with van der Waals surface area (Å²) in [6.07, 6.45) is 0.804. The minimum absolute atomic E-state index is 0.0730. The smallest absolute Gasteiger partial charge is 0.321 e. The van der Waals surface area contributed by atoms with Crippen LogP contribution in [-0.4, -0.2) is 30.6 Å². The van der Waals surface area contributed by atoms with Gasteiger partial charge in [-0.2, -0.15) is 0 Å². The van der Waals surface area contributed by atoms with Crippen LogP contribution in [0.4, 0.5) is 4.79 Å². The average molecular weight is 298 g/mol. The Morgan fingerprint density at radius 2 is 2.10 bits per heavy atom. The number of aryl methyl sites for hydroxylation is 1. The van der Waals surface area contributed by atoms with Crippen molar-refractivity contribution in [1.29, 1.82) is 0 Å². The van der Waals surface area contributed by atoms with Crippen molar-refractivity contribution in [1.82, 2.24) is 10.6 Å². The van der Waals surface area contributed by atoms with Crippen LogP contribution in [0.5, 0.6) is 0 Å². The second kappa shape index (κ2) is 8.31. The number of rotatable bonds is 6. The zero-order chi connectivity index (χ0) is 15.0. The topological polar surface area (TPSA) is 84.5 Å². The minimum Gasteiger partial charge on any atom is -0.456 e. The molecule has 0 aliphatic heterocycles. The van der Waals surface area contributed by atoms with Crippen molar-refractivity contribution in [3.05, 3.63) is 22.4 Å². The minimum atomic E-state index is -0.646. The second-order valence-electron chi connectivity index (χ2n) is 4.42. The van der Waals surface area contributed by atoms with Crippen molar-refractivity contribution in [2.45, 2.75) is 32.7 Å². The van der Waals surface area contributed by atoms with Crippen LogP contribution in [0.25, 0.3) is 0 Å². The molecule has 7 heteroatoms. The Morgan fingerprint density at radius 1 is 1.35 bits per heavy atom. The van der Waals surface area contributed by atoms with E-state index in [0.717, 1.165) is 4.88 Å². The second-order valence-corrected chi connectivity index (χ2v) is 5.45. The summed E-state index contributed by atoms with van der Waals surface area (Å²) in [5, 5.41) is 6.50. The predicted octanol–water partition coefficient (Wildman–Crippen LogP) is 1.46. The molecular weight excluding hydrogens is 280 g/mol. The number of carbonyl (C=O) groups excluding carboxylic acids is 3. The fourth-order valence-corrected chi connectivity index (χ4v) is 2.07. The molecule has 3 amide bonds. The summed E-state index contributed by atoms with van der Waals surface area (Å²) < 4.78 is 4.78. The maximum Gasteiger partial charge on any atom is 0.321 e. The van der Waals surface area contributed by atoms with Gasteiger partial charge in [0.15, 0.2) is 6.61 Å². The van der Waals surface area contributed by atoms with Crippen molar-refractivity contribution in [2.24, 2.45) is 0 Å². The first-order valence-corrected chi connectivity index (χ1v) is 7.13. The highest BCUT2D eigenvalue weighted by molar-refractivity contribution is 7.09. The first-order valence-electron chi connectivity index (χ1n) is 6.25. The number of amides is 3. The van der Waals surface area contributed by atoms with Crippen molar-refractivity contribution in [2.75, 3.05) is 6.61 Å². The number of carbonyl (C=O) groups is 3. The monoisotopic (exact) mass is 298 g/mol. The molecule has 0 aliphatic rings. The summed E-state index contributed by atoms with van der Waals surface area (Å²) in [5.41, 5.74) is 0. The standard InChI is InChI=1S/C13H18N2O4S/c1-9(2)14-13(18)15-11(16)8-19-12(17)6-5-10-4-3-7-20-10/h3-4,7,9H,5-6,8H2,1-2H3,(H2,14,15,16,18). The van der Waals surface area contributed by atoms with Crippen LogP contribution in [0.1, 0.15) is 25.1 Å². The molecule has 0 saturated carbocycles. The van der Waals surface area contributed by atoms with Crippen LogP contribution in [0.2, 0.25) is 0 Å². The van der Waals surface area contributed by atoms with Gasteiger partial charge in [0.25, 0.3) is 5.91 Å². The maximum atomic E-state index is 11.4. The fraction of sp³-hybridized carbons (Fsp3) is 0.462. The SMILES string of the molecule is CC(C)NC(=O)NC(=O)COC(=O)CCc1cccs1. The normalized spacial score (nSPS) is 10.2. The Hall–Kier alpha value is -1.89. The van der Waals surface area contributed by atoms with Gasteiger partial charge in [0, 0.05) is 10.9 Å². The van der Waals surface area contributed by atoms with Gasteiger partial charge < -0.3 is 10.1 Å². The van der Waals surface area contributed by atoms with Crippen LogP contribution in [-0.2, 0) is 20.7 Å². The van der Waals surface area contributed by atoms with Gasteiger partial charge in [-0.05, 0) is 31.7 Å². The number of hydrogen-bond donors (Lipinski definition) is 2. The van der Waals surface area contributed by atoms with Gasteiger partial charge in [-0.1, -0.05) is 6.07 Å². The van der Waals surface area contributed by atoms with Gasteiger partial charge in [0.2, 0.25) is 0 Å². The largest absolute Gasteiger partial charge is 0.456 e. The highest BCUT2D eigenvalue weighted by Crippen LogP contribution is 2.10. The summed E-state index contributed by atoms with van der Waals surface area (Å²) in [4.78, 5) is 35.0. The van der Waals surface area contributed by atoms with E-state index >= 15 is 0 Å². The molecule has 1 heterocycles. The third-order valence-electron chi connectivity index (χ3n) is 2.19. The van der Waals surface area contributed by atoms with Crippen LogP contribution >= 0.6 is 11.3 Å². The van der Waals surface area contributed by atoms with Gasteiger partial charge in [0.1, 0.15) is 0 Å². The van der Waals surface area contributed by atoms with E-state index in [1.807, 2.05) is 17.5 Å². The van der Waals surface area contributed by atoms with Crippen molar-refractivity contribution in [3.63, 3.8) is 0 Å². The Bertz CT molecular complexity index is 457. The third-order valence-corrected chi connectivity index (χ3v) is 3.13. The van der Waals surface area contributed by atoms with Gasteiger partial charge in [-0.25, -0.2) is 4.79 Å². The van der Waals surface area contributed by atoms with Gasteiger partial charge >= 0.3 is 12.0 Å². The first kappa shape index (κ1) is 16.2. The molecule has 1 aromatic heterocycles. The molecule has 0 atom stereocenters. The lowest BCUT2D eigenvalue weighted by molar-refractivity contribution is -0.148. The third kappa shape index (κ3) is 6.89. The lowest BCUT2D eigenvalue weighted by Crippen LogP contribution is -2.44. The number of thiophene rings is 1. The van der Waals surface area contributed by atoms with Crippen molar-refractivity contribution in [3.8, 4) is 0 Å². The summed E-state index contributed by atoms with van der Waals surface area (Å²) in [6.45, 7) is 3.10. The van der Waals surface area contributed by atoms with E-state index in [4.69, 9.17) is 4.74 Å². The first-order chi connectivity index (χ1) is 9.47. The van der Waals surface area contributed by atoms with E-state index in [9.17, 15) is 14.4 Å². The van der Waals surface area contributed by atoms with E-state index in [2.05, 4.69) is 10.6 Å². The van der Waals surface area contributed by atoms with Gasteiger partial charge in [0.05, 0.1) is 6.42 Å². The molecule has 2 N–H and O–H groups in total. The highest BCUT2D eigenvalue weighted by Gasteiger charge is 2.11. The summed E-state index contributed by atoms with van der Waals surface area (Å²) >= 11 is 1.56. The molecular formula is C13H18N2O4S. The molecule has 0 spiro atoms. The highest BCUT2D eigenvalue weighted by atomic mass is 32.1. The summed E-state index contributed by atoms with van der Waals surface area (Å²) in [7, 11) is 0. The summed E-state index contributed by atoms with van der Waals surface area (Å²) in [5.74, 6) is -1.11. The van der Waals surface area contributed by atoms with E-state index in [1.165, 1.54) is 0 Å². The molecule has 0 radical (unpaired) electrons. The number of esters is 1. The molecule has 6 nitrogen and oxygen atoms in total. The van der Waals surface area contributed by atoms with Crippen molar-refractivity contribution >= 4 is 29.2 Å². The zero-order valence-corrected chi connectivity index (χ0v) is 12.3. The summed E-state index contributed by atoms with van der Waals surface area (Å²) in [6, 6.07) is 3.17. The average Bonchev–Trinajstić information content (AvgIpc) is 2.85. The molecule has 0 unspecified atom stereocenters. The Morgan fingerprint density at radius 3 is 2.70 bits per heavy atom. The number of ether oxygens (including phenoxy) is 1. The Labute approximate surface area is 121 Å². The van der Waals surface area contributed by atoms with Gasteiger partial charge in [-0.15, -0.1) is 11.3 Å². The quantitative estimate of drug-likeness (QED) is 0.779. The molecule has 0 aromatic carbocycles.